The highest BCUT2D eigenvalue weighted by Crippen LogP contribution is 2.21. The minimum Gasteiger partial charge on any atom is -0.347 e. The Labute approximate surface area is 150 Å². The first-order valence-electron chi connectivity index (χ1n) is 7.88. The van der Waals surface area contributed by atoms with Crippen LogP contribution in [0, 0.1) is 6.92 Å². The molecule has 130 valence electrons. The standard InChI is InChI=1S/C17H18ClN5O2/c1-4-13-14(18)15(23(3)21-13)17(24)19-9-11-5-7-12(8-6-11)16-20-10(2)25-22-16/h5-8H,4,9H2,1-3H3,(H,19,24). The molecule has 25 heavy (non-hydrogen) atoms. The van der Waals surface area contributed by atoms with Gasteiger partial charge in [0, 0.05) is 26.1 Å². The summed E-state index contributed by atoms with van der Waals surface area (Å²) >= 11 is 6.23. The van der Waals surface area contributed by atoms with Gasteiger partial charge < -0.3 is 9.84 Å². The third kappa shape index (κ3) is 3.56. The Kier molecular flexibility index (Phi) is 4.85. The van der Waals surface area contributed by atoms with Crippen molar-refractivity contribution in [2.24, 2.45) is 7.05 Å². The van der Waals surface area contributed by atoms with E-state index in [0.717, 1.165) is 11.1 Å². The molecule has 2 aromatic heterocycles. The number of aryl methyl sites for hydroxylation is 3. The van der Waals surface area contributed by atoms with Gasteiger partial charge in [-0.2, -0.15) is 10.1 Å². The van der Waals surface area contributed by atoms with Crippen LogP contribution in [0.3, 0.4) is 0 Å². The monoisotopic (exact) mass is 359 g/mol. The number of benzene rings is 1. The van der Waals surface area contributed by atoms with Gasteiger partial charge in [-0.15, -0.1) is 0 Å². The van der Waals surface area contributed by atoms with Crippen LogP contribution < -0.4 is 5.32 Å². The summed E-state index contributed by atoms with van der Waals surface area (Å²) in [6.45, 7) is 4.07. The molecule has 0 fully saturated rings. The zero-order valence-electron chi connectivity index (χ0n) is 14.2. The lowest BCUT2D eigenvalue weighted by Gasteiger charge is -2.06. The van der Waals surface area contributed by atoms with Crippen LogP contribution in [0.1, 0.15) is 34.6 Å². The molecule has 3 rings (SSSR count). The van der Waals surface area contributed by atoms with E-state index in [2.05, 4.69) is 20.6 Å². The molecule has 0 bridgehead atoms. The number of halogens is 1. The van der Waals surface area contributed by atoms with Crippen molar-refractivity contribution in [2.45, 2.75) is 26.8 Å². The number of carbonyl (C=O) groups is 1. The molecule has 0 saturated carbocycles. The third-order valence-electron chi connectivity index (χ3n) is 3.80. The number of carbonyl (C=O) groups excluding carboxylic acids is 1. The van der Waals surface area contributed by atoms with Crippen LogP contribution in [0.4, 0.5) is 0 Å². The van der Waals surface area contributed by atoms with Gasteiger partial charge in [-0.1, -0.05) is 47.9 Å². The molecule has 0 radical (unpaired) electrons. The van der Waals surface area contributed by atoms with E-state index in [1.807, 2.05) is 31.2 Å². The van der Waals surface area contributed by atoms with Gasteiger partial charge >= 0.3 is 0 Å². The zero-order chi connectivity index (χ0) is 18.0. The maximum absolute atomic E-state index is 12.4. The summed E-state index contributed by atoms with van der Waals surface area (Å²) in [4.78, 5) is 16.6. The Hall–Kier alpha value is -2.67. The van der Waals surface area contributed by atoms with E-state index in [0.29, 0.717) is 41.1 Å². The van der Waals surface area contributed by atoms with Crippen molar-refractivity contribution in [3.8, 4) is 11.4 Å². The van der Waals surface area contributed by atoms with E-state index in [9.17, 15) is 4.79 Å². The van der Waals surface area contributed by atoms with Gasteiger partial charge in [0.1, 0.15) is 5.69 Å². The van der Waals surface area contributed by atoms with E-state index in [1.165, 1.54) is 4.68 Å². The van der Waals surface area contributed by atoms with Gasteiger partial charge in [0.25, 0.3) is 5.91 Å². The van der Waals surface area contributed by atoms with Crippen LogP contribution in [-0.2, 0) is 20.0 Å². The molecule has 0 spiro atoms. The van der Waals surface area contributed by atoms with Crippen molar-refractivity contribution in [3.63, 3.8) is 0 Å². The quantitative estimate of drug-likeness (QED) is 0.757. The van der Waals surface area contributed by atoms with Crippen molar-refractivity contribution >= 4 is 17.5 Å². The summed E-state index contributed by atoms with van der Waals surface area (Å²) in [5, 5.41) is 11.4. The highest BCUT2D eigenvalue weighted by molar-refractivity contribution is 6.34. The predicted molar refractivity (Wildman–Crippen MR) is 93.2 cm³/mol. The van der Waals surface area contributed by atoms with Gasteiger partial charge in [-0.25, -0.2) is 0 Å². The molecule has 0 aliphatic carbocycles. The molecule has 0 atom stereocenters. The van der Waals surface area contributed by atoms with Crippen LogP contribution in [-0.4, -0.2) is 25.8 Å². The number of nitrogens with zero attached hydrogens (tertiary/aromatic N) is 4. The lowest BCUT2D eigenvalue weighted by Crippen LogP contribution is -2.25. The van der Waals surface area contributed by atoms with Crippen molar-refractivity contribution in [1.29, 1.82) is 0 Å². The summed E-state index contributed by atoms with van der Waals surface area (Å²) in [5.74, 6) is 0.810. The molecular weight excluding hydrogens is 342 g/mol. The number of aromatic nitrogens is 4. The summed E-state index contributed by atoms with van der Waals surface area (Å²) in [6, 6.07) is 7.59. The summed E-state index contributed by atoms with van der Waals surface area (Å²) in [5.41, 5.74) is 2.90. The van der Waals surface area contributed by atoms with Crippen molar-refractivity contribution in [1.82, 2.24) is 25.2 Å². The molecular formula is C17H18ClN5O2. The fourth-order valence-corrected chi connectivity index (χ4v) is 2.86. The average Bonchev–Trinajstić information content (AvgIpc) is 3.16. The number of rotatable bonds is 5. The lowest BCUT2D eigenvalue weighted by molar-refractivity contribution is 0.0941. The Morgan fingerprint density at radius 2 is 2.04 bits per heavy atom. The number of nitrogens with one attached hydrogen (secondary N) is 1. The van der Waals surface area contributed by atoms with Crippen molar-refractivity contribution < 1.29 is 9.32 Å². The molecule has 2 heterocycles. The first kappa shape index (κ1) is 17.2. The smallest absolute Gasteiger partial charge is 0.271 e. The Morgan fingerprint density at radius 1 is 1.32 bits per heavy atom. The van der Waals surface area contributed by atoms with Crippen LogP contribution in [0.15, 0.2) is 28.8 Å². The maximum atomic E-state index is 12.4. The van der Waals surface area contributed by atoms with Crippen molar-refractivity contribution in [3.05, 3.63) is 52.1 Å². The highest BCUT2D eigenvalue weighted by Gasteiger charge is 2.19. The van der Waals surface area contributed by atoms with E-state index in [4.69, 9.17) is 16.1 Å². The van der Waals surface area contributed by atoms with Crippen LogP contribution in [0.5, 0.6) is 0 Å². The van der Waals surface area contributed by atoms with E-state index in [-0.39, 0.29) is 5.91 Å². The molecule has 3 aromatic rings. The van der Waals surface area contributed by atoms with Gasteiger partial charge in [0.05, 0.1) is 10.7 Å². The summed E-state index contributed by atoms with van der Waals surface area (Å²) < 4.78 is 6.48. The summed E-state index contributed by atoms with van der Waals surface area (Å²) in [6.07, 6.45) is 0.678. The SMILES string of the molecule is CCc1nn(C)c(C(=O)NCc2ccc(-c3noc(C)n3)cc2)c1Cl. The molecule has 1 N–H and O–H groups in total. The van der Waals surface area contributed by atoms with Gasteiger partial charge in [-0.3, -0.25) is 9.48 Å². The number of amides is 1. The maximum Gasteiger partial charge on any atom is 0.271 e. The molecule has 0 saturated heterocycles. The van der Waals surface area contributed by atoms with Gasteiger partial charge in [-0.05, 0) is 12.0 Å². The highest BCUT2D eigenvalue weighted by atomic mass is 35.5. The molecule has 1 aromatic carbocycles. The van der Waals surface area contributed by atoms with E-state index < -0.39 is 0 Å². The van der Waals surface area contributed by atoms with Crippen molar-refractivity contribution in [2.75, 3.05) is 0 Å². The van der Waals surface area contributed by atoms with Crippen LogP contribution >= 0.6 is 11.6 Å². The Balaban J connectivity index is 1.67. The second-order valence-electron chi connectivity index (χ2n) is 5.60. The lowest BCUT2D eigenvalue weighted by atomic mass is 10.1. The Bertz CT molecular complexity index is 898. The third-order valence-corrected chi connectivity index (χ3v) is 4.20. The van der Waals surface area contributed by atoms with E-state index >= 15 is 0 Å². The topological polar surface area (TPSA) is 85.8 Å². The van der Waals surface area contributed by atoms with Gasteiger partial charge in [0.2, 0.25) is 11.7 Å². The first-order valence-corrected chi connectivity index (χ1v) is 8.26. The van der Waals surface area contributed by atoms with Crippen LogP contribution in [0.2, 0.25) is 5.02 Å². The molecule has 1 amide bonds. The second kappa shape index (κ2) is 7.06. The fourth-order valence-electron chi connectivity index (χ4n) is 2.48. The Morgan fingerprint density at radius 3 is 2.60 bits per heavy atom. The molecule has 0 aliphatic rings. The first-order chi connectivity index (χ1) is 12.0. The molecule has 7 nitrogen and oxygen atoms in total. The normalized spacial score (nSPS) is 10.9. The largest absolute Gasteiger partial charge is 0.347 e. The fraction of sp³-hybridized carbons (Fsp3) is 0.294. The van der Waals surface area contributed by atoms with Crippen LogP contribution in [0.25, 0.3) is 11.4 Å². The second-order valence-corrected chi connectivity index (χ2v) is 5.98. The predicted octanol–water partition coefficient (Wildman–Crippen LogP) is 2.92. The van der Waals surface area contributed by atoms with E-state index in [1.54, 1.807) is 14.0 Å². The summed E-state index contributed by atoms with van der Waals surface area (Å²) in [7, 11) is 1.71. The minimum absolute atomic E-state index is 0.252. The average molecular weight is 360 g/mol. The number of hydrogen-bond donors (Lipinski definition) is 1. The minimum atomic E-state index is -0.252. The number of hydrogen-bond acceptors (Lipinski definition) is 5. The molecule has 8 heteroatoms. The molecule has 0 aliphatic heterocycles. The zero-order valence-corrected chi connectivity index (χ0v) is 15.0. The van der Waals surface area contributed by atoms with Gasteiger partial charge in [0.15, 0.2) is 0 Å². The molecule has 0 unspecified atom stereocenters.